The van der Waals surface area contributed by atoms with Crippen molar-refractivity contribution in [2.24, 2.45) is 5.73 Å². The van der Waals surface area contributed by atoms with Gasteiger partial charge in [-0.25, -0.2) is 0 Å². The minimum atomic E-state index is 0.123. The molecule has 3 nitrogen and oxygen atoms in total. The van der Waals surface area contributed by atoms with Crippen LogP contribution in [0.25, 0.3) is 10.9 Å². The highest BCUT2D eigenvalue weighted by atomic mass is 15.0. The van der Waals surface area contributed by atoms with Crippen molar-refractivity contribution in [3.63, 3.8) is 0 Å². The summed E-state index contributed by atoms with van der Waals surface area (Å²) in [6, 6.07) is 8.49. The molecule has 0 fully saturated rings. The van der Waals surface area contributed by atoms with E-state index in [0.29, 0.717) is 0 Å². The van der Waals surface area contributed by atoms with Gasteiger partial charge in [-0.15, -0.1) is 0 Å². The van der Waals surface area contributed by atoms with Crippen LogP contribution in [0.15, 0.2) is 30.5 Å². The Kier molecular flexibility index (Phi) is 3.73. The highest BCUT2D eigenvalue weighted by Gasteiger charge is 2.13. The van der Waals surface area contributed by atoms with Crippen molar-refractivity contribution < 1.29 is 0 Å². The van der Waals surface area contributed by atoms with Crippen molar-refractivity contribution in [1.29, 1.82) is 0 Å². The van der Waals surface area contributed by atoms with Gasteiger partial charge in [-0.05, 0) is 38.8 Å². The molecule has 1 atom stereocenters. The molecule has 1 aromatic heterocycles. The normalized spacial score (nSPS) is 14.0. The smallest absolute Gasteiger partial charge is 0.0456 e. The predicted octanol–water partition coefficient (Wildman–Crippen LogP) is 2.43. The van der Waals surface area contributed by atoms with Crippen molar-refractivity contribution in [3.05, 3.63) is 36.0 Å². The van der Waals surface area contributed by atoms with E-state index in [-0.39, 0.29) is 11.6 Å². The van der Waals surface area contributed by atoms with Gasteiger partial charge in [-0.1, -0.05) is 18.2 Å². The topological polar surface area (TPSA) is 53.8 Å². The van der Waals surface area contributed by atoms with Gasteiger partial charge < -0.3 is 16.0 Å². The fourth-order valence-electron chi connectivity index (χ4n) is 2.09. The van der Waals surface area contributed by atoms with E-state index in [0.717, 1.165) is 13.0 Å². The van der Waals surface area contributed by atoms with E-state index >= 15 is 0 Å². The van der Waals surface area contributed by atoms with E-state index in [9.17, 15) is 0 Å². The summed E-state index contributed by atoms with van der Waals surface area (Å²) >= 11 is 0. The van der Waals surface area contributed by atoms with Crippen LogP contribution < -0.4 is 11.1 Å². The summed E-state index contributed by atoms with van der Waals surface area (Å²) in [6.45, 7) is 7.31. The maximum Gasteiger partial charge on any atom is 0.0456 e. The molecule has 0 aliphatic heterocycles. The zero-order valence-corrected chi connectivity index (χ0v) is 11.5. The van der Waals surface area contributed by atoms with Gasteiger partial charge in [0, 0.05) is 35.2 Å². The molecule has 0 saturated carbocycles. The number of nitrogens with one attached hydrogen (secondary N) is 2. The molecule has 0 unspecified atom stereocenters. The fraction of sp³-hybridized carbons (Fsp3) is 0.467. The third-order valence-electron chi connectivity index (χ3n) is 3.05. The van der Waals surface area contributed by atoms with Crippen LogP contribution in [0.1, 0.15) is 26.3 Å². The molecule has 0 spiro atoms. The van der Waals surface area contributed by atoms with E-state index in [4.69, 9.17) is 5.73 Å². The van der Waals surface area contributed by atoms with Crippen LogP contribution in [-0.4, -0.2) is 23.1 Å². The number of fused-ring (bicyclic) bond motifs is 1. The zero-order chi connectivity index (χ0) is 13.2. The van der Waals surface area contributed by atoms with E-state index in [2.05, 4.69) is 55.5 Å². The lowest BCUT2D eigenvalue weighted by atomic mass is 10.0. The van der Waals surface area contributed by atoms with Crippen molar-refractivity contribution in [2.45, 2.75) is 38.8 Å². The van der Waals surface area contributed by atoms with Crippen LogP contribution in [0.2, 0.25) is 0 Å². The van der Waals surface area contributed by atoms with Crippen molar-refractivity contribution in [3.8, 4) is 0 Å². The largest absolute Gasteiger partial charge is 0.361 e. The average Bonchev–Trinajstić information content (AvgIpc) is 2.70. The van der Waals surface area contributed by atoms with Gasteiger partial charge in [-0.3, -0.25) is 0 Å². The Bertz CT molecular complexity index is 508. The number of rotatable bonds is 4. The van der Waals surface area contributed by atoms with E-state index < -0.39 is 0 Å². The van der Waals surface area contributed by atoms with Gasteiger partial charge in [0.2, 0.25) is 0 Å². The van der Waals surface area contributed by atoms with E-state index in [1.807, 2.05) is 6.07 Å². The van der Waals surface area contributed by atoms with Crippen LogP contribution in [0.5, 0.6) is 0 Å². The van der Waals surface area contributed by atoms with Gasteiger partial charge in [0.15, 0.2) is 0 Å². The molecule has 3 heteroatoms. The first kappa shape index (κ1) is 13.1. The monoisotopic (exact) mass is 245 g/mol. The predicted molar refractivity (Wildman–Crippen MR) is 77.7 cm³/mol. The molecule has 0 saturated heterocycles. The minimum Gasteiger partial charge on any atom is -0.361 e. The van der Waals surface area contributed by atoms with E-state index in [1.54, 1.807) is 0 Å². The minimum absolute atomic E-state index is 0.123. The summed E-state index contributed by atoms with van der Waals surface area (Å²) in [6.07, 6.45) is 2.97. The molecular formula is C15H23N3. The van der Waals surface area contributed by atoms with Gasteiger partial charge >= 0.3 is 0 Å². The molecule has 0 aliphatic carbocycles. The SMILES string of the molecule is CC(C)(C)NC[C@@H](N)Cc1c[nH]c2ccccc12. The lowest BCUT2D eigenvalue weighted by Crippen LogP contribution is -2.44. The van der Waals surface area contributed by atoms with Crippen LogP contribution >= 0.6 is 0 Å². The Balaban J connectivity index is 2.01. The van der Waals surface area contributed by atoms with Crippen molar-refractivity contribution >= 4 is 10.9 Å². The summed E-state index contributed by atoms with van der Waals surface area (Å²) < 4.78 is 0. The lowest BCUT2D eigenvalue weighted by molar-refractivity contribution is 0.404. The van der Waals surface area contributed by atoms with Crippen molar-refractivity contribution in [2.75, 3.05) is 6.54 Å². The van der Waals surface area contributed by atoms with Crippen LogP contribution in [0.3, 0.4) is 0 Å². The first-order valence-electron chi connectivity index (χ1n) is 6.51. The molecular weight excluding hydrogens is 222 g/mol. The maximum absolute atomic E-state index is 6.19. The third kappa shape index (κ3) is 3.34. The highest BCUT2D eigenvalue weighted by Crippen LogP contribution is 2.18. The summed E-state index contributed by atoms with van der Waals surface area (Å²) in [5.74, 6) is 0. The molecule has 0 radical (unpaired) electrons. The van der Waals surface area contributed by atoms with Gasteiger partial charge in [0.05, 0.1) is 0 Å². The molecule has 2 aromatic rings. The molecule has 1 heterocycles. The van der Waals surface area contributed by atoms with Crippen LogP contribution in [-0.2, 0) is 6.42 Å². The summed E-state index contributed by atoms with van der Waals surface area (Å²) in [5, 5.41) is 4.73. The first-order valence-corrected chi connectivity index (χ1v) is 6.51. The zero-order valence-electron chi connectivity index (χ0n) is 11.5. The second kappa shape index (κ2) is 5.12. The van der Waals surface area contributed by atoms with Crippen LogP contribution in [0.4, 0.5) is 0 Å². The Hall–Kier alpha value is -1.32. The molecule has 98 valence electrons. The van der Waals surface area contributed by atoms with Gasteiger partial charge in [0.1, 0.15) is 0 Å². The Morgan fingerprint density at radius 3 is 2.72 bits per heavy atom. The molecule has 0 amide bonds. The van der Waals surface area contributed by atoms with Gasteiger partial charge in [0.25, 0.3) is 0 Å². The van der Waals surface area contributed by atoms with Crippen LogP contribution in [0, 0.1) is 0 Å². The lowest BCUT2D eigenvalue weighted by Gasteiger charge is -2.23. The number of nitrogens with two attached hydrogens (primary N) is 1. The van der Waals surface area contributed by atoms with Crippen molar-refractivity contribution in [1.82, 2.24) is 10.3 Å². The second-order valence-electron chi connectivity index (χ2n) is 5.95. The fourth-order valence-corrected chi connectivity index (χ4v) is 2.09. The highest BCUT2D eigenvalue weighted by molar-refractivity contribution is 5.83. The summed E-state index contributed by atoms with van der Waals surface area (Å²) in [7, 11) is 0. The molecule has 0 bridgehead atoms. The summed E-state index contributed by atoms with van der Waals surface area (Å²) in [4.78, 5) is 3.29. The Morgan fingerprint density at radius 1 is 1.28 bits per heavy atom. The number of para-hydroxylation sites is 1. The van der Waals surface area contributed by atoms with E-state index in [1.165, 1.54) is 16.5 Å². The molecule has 2 rings (SSSR count). The first-order chi connectivity index (χ1) is 8.46. The molecule has 4 N–H and O–H groups in total. The molecule has 0 aliphatic rings. The standard InChI is InChI=1S/C15H23N3/c1-15(2,3)18-10-12(16)8-11-9-17-14-7-5-4-6-13(11)14/h4-7,9,12,17-18H,8,10,16H2,1-3H3/t12-/m0/s1. The number of hydrogen-bond donors (Lipinski definition) is 3. The summed E-state index contributed by atoms with van der Waals surface area (Å²) in [5.41, 5.74) is 8.79. The average molecular weight is 245 g/mol. The second-order valence-corrected chi connectivity index (χ2v) is 5.95. The Morgan fingerprint density at radius 2 is 2.00 bits per heavy atom. The number of benzene rings is 1. The third-order valence-corrected chi connectivity index (χ3v) is 3.05. The number of H-pyrrole nitrogens is 1. The van der Waals surface area contributed by atoms with Gasteiger partial charge in [-0.2, -0.15) is 0 Å². The number of aromatic amines is 1. The number of hydrogen-bond acceptors (Lipinski definition) is 2. The number of aromatic nitrogens is 1. The molecule has 18 heavy (non-hydrogen) atoms. The molecule has 1 aromatic carbocycles. The quantitative estimate of drug-likeness (QED) is 0.775. The maximum atomic E-state index is 6.19. The Labute approximate surface area is 109 Å².